The summed E-state index contributed by atoms with van der Waals surface area (Å²) in [6.07, 6.45) is 59.6. The summed E-state index contributed by atoms with van der Waals surface area (Å²) in [5.41, 5.74) is 8.49. The fourth-order valence-corrected chi connectivity index (χ4v) is 21.1. The Hall–Kier alpha value is -5.88. The Morgan fingerprint density at radius 1 is 0.173 bits per heavy atom. The zero-order chi connectivity index (χ0) is 71.3. The van der Waals surface area contributed by atoms with Crippen LogP contribution in [0.15, 0.2) is 158 Å². The molecule has 0 aliphatic rings. The fraction of sp³-hybridized carbons (Fsp3) is 0.480. The van der Waals surface area contributed by atoms with E-state index in [-0.39, 0.29) is 0 Å². The predicted octanol–water partition coefficient (Wildman–Crippen LogP) is 35.0. The first-order valence-corrected chi connectivity index (χ1v) is 45.9. The van der Waals surface area contributed by atoms with Crippen molar-refractivity contribution in [1.82, 2.24) is 0 Å². The van der Waals surface area contributed by atoms with Crippen LogP contribution in [0.5, 0.6) is 0 Å². The number of fused-ring (bicyclic) bond motifs is 6. The molecule has 0 bridgehead atoms. The minimum absolute atomic E-state index is 1.13. The lowest BCUT2D eigenvalue weighted by atomic mass is 9.96. The predicted molar refractivity (Wildman–Crippen MR) is 472 cm³/mol. The van der Waals surface area contributed by atoms with Crippen LogP contribution in [-0.4, -0.2) is 0 Å². The van der Waals surface area contributed by atoms with Gasteiger partial charge in [0.15, 0.2) is 0 Å². The van der Waals surface area contributed by atoms with Gasteiger partial charge in [0.2, 0.25) is 0 Å². The van der Waals surface area contributed by atoms with E-state index in [1.54, 1.807) is 0 Å². The van der Waals surface area contributed by atoms with Crippen LogP contribution in [0.3, 0.4) is 0 Å². The highest BCUT2D eigenvalue weighted by Gasteiger charge is 2.20. The summed E-state index contributed by atoms with van der Waals surface area (Å²) >= 11 is 8.13. The molecule has 4 heterocycles. The topological polar surface area (TPSA) is 0 Å². The van der Waals surface area contributed by atoms with Gasteiger partial charge < -0.3 is 0 Å². The van der Waals surface area contributed by atoms with Crippen molar-refractivity contribution in [2.75, 3.05) is 0 Å². The van der Waals surface area contributed by atoms with Crippen molar-refractivity contribution < 1.29 is 0 Å². The molecule has 0 aliphatic carbocycles. The highest BCUT2D eigenvalue weighted by atomic mass is 32.1. The lowest BCUT2D eigenvalue weighted by molar-refractivity contribution is 0.556. The number of thiophene rings is 4. The molecular weight excluding hydrogens is 1330 g/mol. The zero-order valence-electron chi connectivity index (χ0n) is 64.8. The van der Waals surface area contributed by atoms with Gasteiger partial charge in [-0.15, -0.1) is 45.3 Å². The number of unbranched alkanes of at least 4 members (excludes halogenated alkanes) is 36. The molecule has 0 spiro atoms. The van der Waals surface area contributed by atoms with Crippen molar-refractivity contribution in [2.24, 2.45) is 0 Å². The monoisotopic (exact) mass is 1450 g/mol. The average molecular weight is 1460 g/mol. The van der Waals surface area contributed by atoms with Crippen molar-refractivity contribution in [3.8, 4) is 51.5 Å². The second-order valence-electron chi connectivity index (χ2n) is 31.5. The van der Waals surface area contributed by atoms with Crippen LogP contribution in [0.2, 0.25) is 0 Å². The Labute approximate surface area is 645 Å². The quantitative estimate of drug-likeness (QED) is 0.0263. The molecule has 0 N–H and O–H groups in total. The van der Waals surface area contributed by atoms with Crippen LogP contribution in [0.25, 0.3) is 116 Å². The molecule has 0 fully saturated rings. The maximum atomic E-state index is 2.63. The molecule has 8 aromatic carbocycles. The minimum atomic E-state index is 1.13. The van der Waals surface area contributed by atoms with Gasteiger partial charge in [-0.1, -0.05) is 307 Å². The highest BCUT2D eigenvalue weighted by molar-refractivity contribution is 7.25. The third kappa shape index (κ3) is 22.6. The Bertz CT molecular complexity index is 4260. The molecule has 0 radical (unpaired) electrons. The molecule has 0 saturated carbocycles. The molecule has 0 aliphatic heterocycles. The number of hydrogen-bond donors (Lipinski definition) is 0. The van der Waals surface area contributed by atoms with Gasteiger partial charge in [-0.2, -0.15) is 0 Å². The summed E-state index contributed by atoms with van der Waals surface area (Å²) in [5, 5.41) is 15.9. The van der Waals surface area contributed by atoms with Gasteiger partial charge in [-0.3, -0.25) is 0 Å². The molecule has 104 heavy (non-hydrogen) atoms. The van der Waals surface area contributed by atoms with E-state index in [1.807, 2.05) is 22.7 Å². The van der Waals surface area contributed by atoms with E-state index in [1.165, 1.54) is 407 Å². The Kier molecular flexibility index (Phi) is 31.4. The molecule has 0 unspecified atom stereocenters. The molecule has 0 nitrogen and oxygen atoms in total. The van der Waals surface area contributed by atoms with Crippen LogP contribution in [0.4, 0.5) is 0 Å². The van der Waals surface area contributed by atoms with Crippen LogP contribution >= 0.6 is 45.3 Å². The summed E-state index contributed by atoms with van der Waals surface area (Å²) in [4.78, 5) is 11.7. The van der Waals surface area contributed by atoms with E-state index < -0.39 is 0 Å². The Morgan fingerprint density at radius 3 is 0.692 bits per heavy atom. The summed E-state index contributed by atoms with van der Waals surface area (Å²) in [5.74, 6) is 0. The molecular formula is C100H126S4. The second kappa shape index (κ2) is 42.0. The van der Waals surface area contributed by atoms with E-state index in [0.29, 0.717) is 0 Å². The van der Waals surface area contributed by atoms with Gasteiger partial charge >= 0.3 is 0 Å². The van der Waals surface area contributed by atoms with E-state index in [4.69, 9.17) is 0 Å². The third-order valence-corrected chi connectivity index (χ3v) is 28.0. The van der Waals surface area contributed by atoms with Crippen molar-refractivity contribution >= 4 is 110 Å². The molecule has 4 heteroatoms. The van der Waals surface area contributed by atoms with E-state index in [2.05, 4.69) is 208 Å². The van der Waals surface area contributed by atoms with Crippen molar-refractivity contribution in [2.45, 2.75) is 310 Å². The summed E-state index contributed by atoms with van der Waals surface area (Å²) in [6, 6.07) is 63.6. The van der Waals surface area contributed by atoms with Crippen molar-refractivity contribution in [3.63, 3.8) is 0 Å². The zero-order valence-corrected chi connectivity index (χ0v) is 68.0. The maximum absolute atomic E-state index is 2.63. The van der Waals surface area contributed by atoms with E-state index in [9.17, 15) is 0 Å². The van der Waals surface area contributed by atoms with Gasteiger partial charge in [0.1, 0.15) is 0 Å². The van der Waals surface area contributed by atoms with Crippen LogP contribution in [-0.2, 0) is 25.7 Å². The molecule has 12 aromatic rings. The molecule has 12 rings (SSSR count). The Morgan fingerprint density at radius 2 is 0.404 bits per heavy atom. The smallest absolute Gasteiger partial charge is 0.0452 e. The van der Waals surface area contributed by atoms with Gasteiger partial charge in [0, 0.05) is 39.0 Å². The van der Waals surface area contributed by atoms with Crippen LogP contribution < -0.4 is 0 Å². The Balaban J connectivity index is 0.790. The summed E-state index contributed by atoms with van der Waals surface area (Å²) in [7, 11) is 0. The average Bonchev–Trinajstić information content (AvgIpc) is 1.23. The standard InChI is InChI=1S/C100H126S4/c1-5-9-13-17-21-25-29-33-37-41-45-81-73-97(103-99(81)83-55-51-77-63-89-61-75-49-53-79(65-85(75)69-91(89)71-87(77)67-83)95-59-57-93(101-95)47-43-39-35-31-27-23-19-15-11-7-3)98-74-82(46-42-38-34-30-26-22-18-14-10-6-2)100(104-98)84-56-52-78-64-90-62-76-50-54-80(66-86(76)70-92(90)72-88(78)68-84)96-60-58-94(102-96)48-44-40-36-32-28-24-20-16-12-8-4/h49-74H,5-48H2,1-4H3. The number of aryl methyl sites for hydroxylation is 4. The van der Waals surface area contributed by atoms with Crippen LogP contribution in [0.1, 0.15) is 305 Å². The lowest BCUT2D eigenvalue weighted by Crippen LogP contribution is -1.88. The van der Waals surface area contributed by atoms with Crippen molar-refractivity contribution in [1.29, 1.82) is 0 Å². The van der Waals surface area contributed by atoms with Crippen molar-refractivity contribution in [3.05, 3.63) is 179 Å². The highest BCUT2D eigenvalue weighted by Crippen LogP contribution is 2.47. The molecule has 0 saturated heterocycles. The maximum Gasteiger partial charge on any atom is 0.0452 e. The molecule has 0 atom stereocenters. The molecule has 0 amide bonds. The summed E-state index contributed by atoms with van der Waals surface area (Å²) in [6.45, 7) is 9.28. The first kappa shape index (κ1) is 77.7. The number of rotatable bonds is 49. The third-order valence-electron chi connectivity index (χ3n) is 22.9. The van der Waals surface area contributed by atoms with Gasteiger partial charge in [-0.05, 0) is 259 Å². The van der Waals surface area contributed by atoms with Crippen LogP contribution in [0, 0.1) is 0 Å². The first-order chi connectivity index (χ1) is 51.4. The van der Waals surface area contributed by atoms with E-state index >= 15 is 0 Å². The SMILES string of the molecule is CCCCCCCCCCCCc1ccc(-c2ccc3cc4cc5ccc(-c6sc(-c7cc(CCCCCCCCCCCC)c(-c8ccc9cc%10cc%11ccc(-c%12ccc(CCCCCCCCCCCC)s%12)cc%11cc%10cc9c8)s7)cc6CCCCCCCCCCCC)cc5cc4cc3c2)s1. The lowest BCUT2D eigenvalue weighted by Gasteiger charge is -2.09. The minimum Gasteiger partial charge on any atom is -0.140 e. The fourth-order valence-electron chi connectivity index (χ4n) is 16.6. The normalized spacial score (nSPS) is 12.0. The van der Waals surface area contributed by atoms with Gasteiger partial charge in [-0.25, -0.2) is 0 Å². The molecule has 550 valence electrons. The number of hydrogen-bond acceptors (Lipinski definition) is 4. The van der Waals surface area contributed by atoms with Gasteiger partial charge in [0.25, 0.3) is 0 Å². The first-order valence-electron chi connectivity index (χ1n) is 42.7. The largest absolute Gasteiger partial charge is 0.140 e. The number of benzene rings is 8. The molecule has 4 aromatic heterocycles. The van der Waals surface area contributed by atoms with E-state index in [0.717, 1.165) is 12.8 Å². The second-order valence-corrected chi connectivity index (χ2v) is 36.0. The van der Waals surface area contributed by atoms with Gasteiger partial charge in [0.05, 0.1) is 0 Å². The summed E-state index contributed by atoms with van der Waals surface area (Å²) < 4.78 is 0.